The molecule has 0 amide bonds. The summed E-state index contributed by atoms with van der Waals surface area (Å²) in [5.74, 6) is 1.82. The molecule has 3 rings (SSSR count). The lowest BCUT2D eigenvalue weighted by Crippen LogP contribution is -2.24. The van der Waals surface area contributed by atoms with Crippen LogP contribution in [0.2, 0.25) is 0 Å². The highest BCUT2D eigenvalue weighted by Crippen LogP contribution is 2.31. The van der Waals surface area contributed by atoms with Gasteiger partial charge in [-0.3, -0.25) is 0 Å². The first-order valence-corrected chi connectivity index (χ1v) is 8.26. The van der Waals surface area contributed by atoms with Gasteiger partial charge in [-0.2, -0.15) is 0 Å². The number of nitrogens with one attached hydrogen (secondary N) is 1. The maximum absolute atomic E-state index is 5.91. The van der Waals surface area contributed by atoms with E-state index in [0.29, 0.717) is 6.04 Å². The van der Waals surface area contributed by atoms with Gasteiger partial charge < -0.3 is 9.73 Å². The molecule has 0 radical (unpaired) electrons. The molecule has 0 aliphatic rings. The molecule has 0 spiro atoms. The highest BCUT2D eigenvalue weighted by molar-refractivity contribution is 7.21. The lowest BCUT2D eigenvalue weighted by atomic mass is 10.2. The zero-order valence-corrected chi connectivity index (χ0v) is 13.2. The van der Waals surface area contributed by atoms with E-state index >= 15 is 0 Å². The number of fused-ring (bicyclic) bond motifs is 1. The molecule has 0 fully saturated rings. The Hall–Kier alpha value is -1.65. The average molecular weight is 300 g/mol. The third-order valence-electron chi connectivity index (χ3n) is 3.51. The molecule has 0 saturated heterocycles. The van der Waals surface area contributed by atoms with Gasteiger partial charge in [0.05, 0.1) is 16.8 Å². The Bertz CT molecular complexity index is 683. The number of hydrogen-bond donors (Lipinski definition) is 1. The quantitative estimate of drug-likeness (QED) is 0.708. The molecule has 4 heteroatoms. The van der Waals surface area contributed by atoms with Crippen LogP contribution in [-0.2, 0) is 6.54 Å². The summed E-state index contributed by atoms with van der Waals surface area (Å²) >= 11 is 1.67. The van der Waals surface area contributed by atoms with E-state index in [2.05, 4.69) is 30.2 Å². The van der Waals surface area contributed by atoms with Gasteiger partial charge in [0.2, 0.25) is 0 Å². The van der Waals surface area contributed by atoms with E-state index < -0.39 is 0 Å². The number of nitrogens with zero attached hydrogens (tertiary/aromatic N) is 1. The fourth-order valence-corrected chi connectivity index (χ4v) is 3.30. The number of para-hydroxylation sites is 1. The van der Waals surface area contributed by atoms with Gasteiger partial charge in [0, 0.05) is 6.04 Å². The summed E-state index contributed by atoms with van der Waals surface area (Å²) < 4.78 is 7.11. The van der Waals surface area contributed by atoms with Crippen LogP contribution in [0.25, 0.3) is 21.0 Å². The minimum Gasteiger partial charge on any atom is -0.457 e. The van der Waals surface area contributed by atoms with Crippen molar-refractivity contribution >= 4 is 21.6 Å². The summed E-state index contributed by atoms with van der Waals surface area (Å²) in [6.45, 7) is 5.18. The van der Waals surface area contributed by atoms with Gasteiger partial charge in [-0.15, -0.1) is 11.3 Å². The normalized spacial score (nSPS) is 12.9. The van der Waals surface area contributed by atoms with Crippen LogP contribution in [-0.4, -0.2) is 11.0 Å². The molecule has 110 valence electrons. The standard InChI is InChI=1S/C17H20N2OS/c1-3-6-12(2)18-11-13-9-10-15(20-13)17-19-14-7-4-5-8-16(14)21-17/h4-5,7-10,12,18H,3,6,11H2,1-2H3. The van der Waals surface area contributed by atoms with E-state index in [1.54, 1.807) is 11.3 Å². The monoisotopic (exact) mass is 300 g/mol. The Morgan fingerprint density at radius 1 is 1.24 bits per heavy atom. The van der Waals surface area contributed by atoms with E-state index in [9.17, 15) is 0 Å². The molecule has 3 nitrogen and oxygen atoms in total. The van der Waals surface area contributed by atoms with Crippen LogP contribution < -0.4 is 5.32 Å². The molecule has 3 aromatic rings. The van der Waals surface area contributed by atoms with Crippen molar-refractivity contribution in [3.63, 3.8) is 0 Å². The topological polar surface area (TPSA) is 38.1 Å². The fraction of sp³-hybridized carbons (Fsp3) is 0.353. The van der Waals surface area contributed by atoms with Crippen molar-refractivity contribution in [2.75, 3.05) is 0 Å². The minimum atomic E-state index is 0.519. The van der Waals surface area contributed by atoms with Crippen molar-refractivity contribution in [1.82, 2.24) is 10.3 Å². The minimum absolute atomic E-state index is 0.519. The fourth-order valence-electron chi connectivity index (χ4n) is 2.38. The van der Waals surface area contributed by atoms with Crippen LogP contribution in [0.1, 0.15) is 32.4 Å². The Kier molecular flexibility index (Phi) is 4.36. The summed E-state index contributed by atoms with van der Waals surface area (Å²) in [4.78, 5) is 4.63. The molecule has 1 atom stereocenters. The Morgan fingerprint density at radius 3 is 2.90 bits per heavy atom. The van der Waals surface area contributed by atoms with E-state index in [4.69, 9.17) is 4.42 Å². The van der Waals surface area contributed by atoms with Gasteiger partial charge in [0.1, 0.15) is 5.76 Å². The van der Waals surface area contributed by atoms with E-state index in [0.717, 1.165) is 28.6 Å². The van der Waals surface area contributed by atoms with Crippen LogP contribution in [0.4, 0.5) is 0 Å². The second-order valence-electron chi connectivity index (χ2n) is 5.32. The molecule has 1 unspecified atom stereocenters. The van der Waals surface area contributed by atoms with Crippen molar-refractivity contribution < 1.29 is 4.42 Å². The van der Waals surface area contributed by atoms with Gasteiger partial charge >= 0.3 is 0 Å². The zero-order valence-electron chi connectivity index (χ0n) is 12.4. The molecule has 1 aromatic carbocycles. The van der Waals surface area contributed by atoms with Crippen LogP contribution in [0.15, 0.2) is 40.8 Å². The van der Waals surface area contributed by atoms with Crippen molar-refractivity contribution in [2.24, 2.45) is 0 Å². The molecule has 21 heavy (non-hydrogen) atoms. The first kappa shape index (κ1) is 14.3. The Morgan fingerprint density at radius 2 is 2.10 bits per heavy atom. The summed E-state index contributed by atoms with van der Waals surface area (Å²) in [5, 5.41) is 4.43. The maximum Gasteiger partial charge on any atom is 0.163 e. The summed E-state index contributed by atoms with van der Waals surface area (Å²) in [7, 11) is 0. The van der Waals surface area contributed by atoms with E-state index in [-0.39, 0.29) is 0 Å². The van der Waals surface area contributed by atoms with Gasteiger partial charge in [-0.25, -0.2) is 4.98 Å². The number of furan rings is 1. The predicted molar refractivity (Wildman–Crippen MR) is 88.5 cm³/mol. The molecule has 0 aliphatic heterocycles. The molecular formula is C17H20N2OS. The smallest absolute Gasteiger partial charge is 0.163 e. The number of rotatable bonds is 6. The summed E-state index contributed by atoms with van der Waals surface area (Å²) in [5.41, 5.74) is 1.03. The van der Waals surface area contributed by atoms with Crippen LogP contribution in [0.5, 0.6) is 0 Å². The highest BCUT2D eigenvalue weighted by atomic mass is 32.1. The molecule has 0 bridgehead atoms. The highest BCUT2D eigenvalue weighted by Gasteiger charge is 2.10. The number of thiazole rings is 1. The third-order valence-corrected chi connectivity index (χ3v) is 4.56. The Labute approximate surface area is 129 Å². The van der Waals surface area contributed by atoms with Crippen molar-refractivity contribution in [1.29, 1.82) is 0 Å². The first-order chi connectivity index (χ1) is 10.3. The number of hydrogen-bond acceptors (Lipinski definition) is 4. The van der Waals surface area contributed by atoms with E-state index in [1.807, 2.05) is 30.3 Å². The second-order valence-corrected chi connectivity index (χ2v) is 6.35. The van der Waals surface area contributed by atoms with Crippen molar-refractivity contribution in [3.05, 3.63) is 42.2 Å². The second kappa shape index (κ2) is 6.41. The summed E-state index contributed by atoms with van der Waals surface area (Å²) in [6.07, 6.45) is 2.38. The van der Waals surface area contributed by atoms with Crippen molar-refractivity contribution in [2.45, 2.75) is 39.3 Å². The first-order valence-electron chi connectivity index (χ1n) is 7.44. The van der Waals surface area contributed by atoms with Gasteiger partial charge in [0.25, 0.3) is 0 Å². The molecule has 2 aromatic heterocycles. The Balaban J connectivity index is 1.72. The zero-order chi connectivity index (χ0) is 14.7. The maximum atomic E-state index is 5.91. The van der Waals surface area contributed by atoms with Crippen LogP contribution in [0.3, 0.4) is 0 Å². The predicted octanol–water partition coefficient (Wildman–Crippen LogP) is 4.83. The lowest BCUT2D eigenvalue weighted by molar-refractivity contribution is 0.447. The third kappa shape index (κ3) is 3.34. The van der Waals surface area contributed by atoms with Gasteiger partial charge in [-0.1, -0.05) is 25.5 Å². The van der Waals surface area contributed by atoms with Gasteiger partial charge in [-0.05, 0) is 37.6 Å². The largest absolute Gasteiger partial charge is 0.457 e. The van der Waals surface area contributed by atoms with Gasteiger partial charge in [0.15, 0.2) is 10.8 Å². The van der Waals surface area contributed by atoms with Crippen LogP contribution >= 0.6 is 11.3 Å². The molecule has 1 N–H and O–H groups in total. The number of aromatic nitrogens is 1. The molecular weight excluding hydrogens is 280 g/mol. The lowest BCUT2D eigenvalue weighted by Gasteiger charge is -2.10. The molecule has 0 saturated carbocycles. The average Bonchev–Trinajstić information content (AvgIpc) is 3.11. The van der Waals surface area contributed by atoms with Crippen molar-refractivity contribution in [3.8, 4) is 10.8 Å². The summed E-state index contributed by atoms with van der Waals surface area (Å²) in [6, 6.07) is 12.7. The van der Waals surface area contributed by atoms with Crippen LogP contribution in [0, 0.1) is 0 Å². The SMILES string of the molecule is CCCC(C)NCc1ccc(-c2nc3ccccc3s2)o1. The van der Waals surface area contributed by atoms with E-state index in [1.165, 1.54) is 17.5 Å². The number of benzene rings is 1. The molecule has 0 aliphatic carbocycles. The molecule has 2 heterocycles.